The number of aryl methyl sites for hydroxylation is 1. The number of ether oxygens (including phenoxy) is 1. The summed E-state index contributed by atoms with van der Waals surface area (Å²) in [4.78, 5) is 6.66. The molecule has 0 aromatic carbocycles. The second-order valence-corrected chi connectivity index (χ2v) is 3.48. The molecule has 3 heteroatoms. The third-order valence-electron chi connectivity index (χ3n) is 2.55. The Hall–Kier alpha value is -1.09. The molecule has 0 radical (unpaired) electrons. The molecule has 0 bridgehead atoms. The lowest BCUT2D eigenvalue weighted by atomic mass is 10.2. The first-order chi connectivity index (χ1) is 7.90. The zero-order chi connectivity index (χ0) is 11.8. The van der Waals surface area contributed by atoms with Crippen molar-refractivity contribution in [1.82, 2.24) is 4.98 Å². The van der Waals surface area contributed by atoms with Gasteiger partial charge in [-0.15, -0.1) is 0 Å². The van der Waals surface area contributed by atoms with E-state index in [-0.39, 0.29) is 0 Å². The van der Waals surface area contributed by atoms with E-state index in [1.807, 2.05) is 20.0 Å². The van der Waals surface area contributed by atoms with Gasteiger partial charge in [-0.1, -0.05) is 20.8 Å². The Labute approximate surface area is 98.4 Å². The Kier molecular flexibility index (Phi) is 5.86. The van der Waals surface area contributed by atoms with E-state index in [4.69, 9.17) is 4.74 Å². The molecule has 0 saturated carbocycles. The highest BCUT2D eigenvalue weighted by molar-refractivity contribution is 5.41. The highest BCUT2D eigenvalue weighted by Crippen LogP contribution is 2.14. The highest BCUT2D eigenvalue weighted by Gasteiger charge is 2.11. The van der Waals surface area contributed by atoms with Crippen molar-refractivity contribution in [3.8, 4) is 0 Å². The number of aromatic nitrogens is 1. The zero-order valence-corrected chi connectivity index (χ0v) is 10.6. The molecule has 1 saturated heterocycles. The van der Waals surface area contributed by atoms with E-state index in [0.29, 0.717) is 0 Å². The van der Waals surface area contributed by atoms with Crippen molar-refractivity contribution in [2.24, 2.45) is 0 Å². The third-order valence-corrected chi connectivity index (χ3v) is 2.55. The Balaban J connectivity index is 0.000000606. The van der Waals surface area contributed by atoms with Crippen LogP contribution in [0, 0.1) is 0 Å². The number of hydrogen-bond acceptors (Lipinski definition) is 3. The molecule has 90 valence electrons. The summed E-state index contributed by atoms with van der Waals surface area (Å²) < 4.78 is 5.31. The van der Waals surface area contributed by atoms with E-state index in [2.05, 4.69) is 28.9 Å². The third kappa shape index (κ3) is 3.49. The van der Waals surface area contributed by atoms with Gasteiger partial charge in [0.05, 0.1) is 13.2 Å². The van der Waals surface area contributed by atoms with Gasteiger partial charge in [0.2, 0.25) is 0 Å². The van der Waals surface area contributed by atoms with Crippen LogP contribution in [0.4, 0.5) is 5.82 Å². The predicted octanol–water partition coefficient (Wildman–Crippen LogP) is 2.51. The fourth-order valence-electron chi connectivity index (χ4n) is 1.65. The maximum absolute atomic E-state index is 5.31. The second kappa shape index (κ2) is 7.23. The van der Waals surface area contributed by atoms with E-state index < -0.39 is 0 Å². The molecular weight excluding hydrogens is 200 g/mol. The molecule has 1 fully saturated rings. The van der Waals surface area contributed by atoms with Crippen LogP contribution < -0.4 is 4.90 Å². The van der Waals surface area contributed by atoms with Gasteiger partial charge in [0.25, 0.3) is 0 Å². The summed E-state index contributed by atoms with van der Waals surface area (Å²) in [5, 5.41) is 0. The monoisotopic (exact) mass is 222 g/mol. The Morgan fingerprint density at radius 2 is 2.00 bits per heavy atom. The van der Waals surface area contributed by atoms with Crippen LogP contribution in [0.5, 0.6) is 0 Å². The number of nitrogens with zero attached hydrogens (tertiary/aromatic N) is 2. The van der Waals surface area contributed by atoms with Gasteiger partial charge in [-0.2, -0.15) is 0 Å². The maximum atomic E-state index is 5.31. The lowest BCUT2D eigenvalue weighted by molar-refractivity contribution is 0.122. The highest BCUT2D eigenvalue weighted by atomic mass is 16.5. The van der Waals surface area contributed by atoms with E-state index in [1.54, 1.807) is 0 Å². The Morgan fingerprint density at radius 1 is 1.31 bits per heavy atom. The Bertz CT molecular complexity index is 296. The van der Waals surface area contributed by atoms with Gasteiger partial charge in [0.1, 0.15) is 5.82 Å². The molecule has 1 aromatic heterocycles. The van der Waals surface area contributed by atoms with Crippen molar-refractivity contribution >= 4 is 5.82 Å². The second-order valence-electron chi connectivity index (χ2n) is 3.48. The van der Waals surface area contributed by atoms with E-state index in [0.717, 1.165) is 38.5 Å². The lowest BCUT2D eigenvalue weighted by Gasteiger charge is -2.27. The molecule has 3 nitrogen and oxygen atoms in total. The van der Waals surface area contributed by atoms with E-state index >= 15 is 0 Å². The summed E-state index contributed by atoms with van der Waals surface area (Å²) >= 11 is 0. The first-order valence-electron chi connectivity index (χ1n) is 6.18. The number of hydrogen-bond donors (Lipinski definition) is 0. The summed E-state index contributed by atoms with van der Waals surface area (Å²) in [6.45, 7) is 9.72. The first-order valence-corrected chi connectivity index (χ1v) is 6.18. The van der Waals surface area contributed by atoms with Crippen LogP contribution in [0.3, 0.4) is 0 Å². The van der Waals surface area contributed by atoms with Crippen molar-refractivity contribution in [1.29, 1.82) is 0 Å². The summed E-state index contributed by atoms with van der Waals surface area (Å²) in [6.07, 6.45) is 2.96. The summed E-state index contributed by atoms with van der Waals surface area (Å²) in [7, 11) is 0. The standard InChI is InChI=1S/C11H16N2O.C2H6/c1-2-10-3-4-12-11(9-10)13-5-7-14-8-6-13;1-2/h3-4,9H,2,5-8H2,1H3;1-2H3. The van der Waals surface area contributed by atoms with Crippen molar-refractivity contribution < 1.29 is 4.74 Å². The van der Waals surface area contributed by atoms with Gasteiger partial charge >= 0.3 is 0 Å². The largest absolute Gasteiger partial charge is 0.378 e. The SMILES string of the molecule is CC.CCc1ccnc(N2CCOCC2)c1. The molecule has 1 aliphatic rings. The predicted molar refractivity (Wildman–Crippen MR) is 68.0 cm³/mol. The number of pyridine rings is 1. The fraction of sp³-hybridized carbons (Fsp3) is 0.615. The van der Waals surface area contributed by atoms with E-state index in [1.165, 1.54) is 5.56 Å². The van der Waals surface area contributed by atoms with Crippen LogP contribution in [-0.2, 0) is 11.2 Å². The van der Waals surface area contributed by atoms with Crippen LogP contribution in [0.1, 0.15) is 26.3 Å². The van der Waals surface area contributed by atoms with Crippen LogP contribution in [-0.4, -0.2) is 31.3 Å². The fourth-order valence-corrected chi connectivity index (χ4v) is 1.65. The van der Waals surface area contributed by atoms with E-state index in [9.17, 15) is 0 Å². The summed E-state index contributed by atoms with van der Waals surface area (Å²) in [5.41, 5.74) is 1.35. The molecule has 2 rings (SSSR count). The molecule has 1 aromatic rings. The molecular formula is C13H22N2O. The minimum absolute atomic E-state index is 0.817. The van der Waals surface area contributed by atoms with Gasteiger partial charge in [0, 0.05) is 19.3 Å². The molecule has 0 spiro atoms. The minimum Gasteiger partial charge on any atom is -0.378 e. The number of anilines is 1. The minimum atomic E-state index is 0.817. The maximum Gasteiger partial charge on any atom is 0.128 e. The molecule has 16 heavy (non-hydrogen) atoms. The molecule has 2 heterocycles. The van der Waals surface area contributed by atoms with Crippen molar-refractivity contribution in [2.45, 2.75) is 27.2 Å². The number of rotatable bonds is 2. The van der Waals surface area contributed by atoms with Crippen molar-refractivity contribution in [3.05, 3.63) is 23.9 Å². The van der Waals surface area contributed by atoms with Crippen molar-refractivity contribution in [3.63, 3.8) is 0 Å². The molecule has 0 amide bonds. The molecule has 0 unspecified atom stereocenters. The Morgan fingerprint density at radius 3 is 2.62 bits per heavy atom. The normalized spacial score (nSPS) is 15.3. The van der Waals surface area contributed by atoms with Crippen LogP contribution in [0.15, 0.2) is 18.3 Å². The quantitative estimate of drug-likeness (QED) is 0.769. The van der Waals surface area contributed by atoms with Gasteiger partial charge in [0.15, 0.2) is 0 Å². The molecule has 0 atom stereocenters. The molecule has 1 aliphatic heterocycles. The summed E-state index contributed by atoms with van der Waals surface area (Å²) in [6, 6.07) is 4.25. The molecule has 0 aliphatic carbocycles. The average Bonchev–Trinajstić information content (AvgIpc) is 2.42. The van der Waals surface area contributed by atoms with Crippen molar-refractivity contribution in [2.75, 3.05) is 31.2 Å². The smallest absolute Gasteiger partial charge is 0.128 e. The average molecular weight is 222 g/mol. The first kappa shape index (κ1) is 13.0. The van der Waals surface area contributed by atoms with Gasteiger partial charge < -0.3 is 9.64 Å². The van der Waals surface area contributed by atoms with Gasteiger partial charge in [-0.3, -0.25) is 0 Å². The summed E-state index contributed by atoms with van der Waals surface area (Å²) in [5.74, 6) is 1.09. The van der Waals surface area contributed by atoms with Gasteiger partial charge in [-0.05, 0) is 24.1 Å². The molecule has 0 N–H and O–H groups in total. The van der Waals surface area contributed by atoms with Crippen LogP contribution in [0.2, 0.25) is 0 Å². The van der Waals surface area contributed by atoms with Gasteiger partial charge in [-0.25, -0.2) is 4.98 Å². The lowest BCUT2D eigenvalue weighted by Crippen LogP contribution is -2.36. The van der Waals surface area contributed by atoms with Crippen LogP contribution >= 0.6 is 0 Å². The topological polar surface area (TPSA) is 25.4 Å². The zero-order valence-electron chi connectivity index (χ0n) is 10.6. The number of morpholine rings is 1. The van der Waals surface area contributed by atoms with Crippen LogP contribution in [0.25, 0.3) is 0 Å².